The summed E-state index contributed by atoms with van der Waals surface area (Å²) in [6, 6.07) is 3.57. The van der Waals surface area contributed by atoms with Crippen molar-refractivity contribution >= 4 is 28.1 Å². The lowest BCUT2D eigenvalue weighted by atomic mass is 10.3. The quantitative estimate of drug-likeness (QED) is 0.638. The van der Waals surface area contributed by atoms with Crippen LogP contribution in [0.5, 0.6) is 5.75 Å². The summed E-state index contributed by atoms with van der Waals surface area (Å²) in [7, 11) is -2.38. The van der Waals surface area contributed by atoms with Gasteiger partial charge in [-0.1, -0.05) is 0 Å². The number of nitro groups is 1. The van der Waals surface area contributed by atoms with Crippen molar-refractivity contribution in [3.8, 4) is 5.75 Å². The molecule has 10 heteroatoms. The lowest BCUT2D eigenvalue weighted by molar-refractivity contribution is -0.385. The minimum Gasteiger partial charge on any atom is -0.490 e. The highest BCUT2D eigenvalue weighted by atomic mass is 35.5. The van der Waals surface area contributed by atoms with Crippen LogP contribution < -0.4 is 10.1 Å². The van der Waals surface area contributed by atoms with Gasteiger partial charge in [0.2, 0.25) is 10.0 Å². The molecule has 0 aromatic heterocycles. The molecule has 118 valence electrons. The molecule has 0 atom stereocenters. The minimum atomic E-state index is -3.65. The van der Waals surface area contributed by atoms with E-state index in [0.29, 0.717) is 26.2 Å². The van der Waals surface area contributed by atoms with Crippen LogP contribution in [0.15, 0.2) is 23.1 Å². The lowest BCUT2D eigenvalue weighted by Gasteiger charge is -2.26. The van der Waals surface area contributed by atoms with Crippen LogP contribution >= 0.6 is 12.4 Å². The van der Waals surface area contributed by atoms with E-state index in [1.165, 1.54) is 23.5 Å². The smallest absolute Gasteiger partial charge is 0.310 e. The van der Waals surface area contributed by atoms with Gasteiger partial charge in [0.1, 0.15) is 0 Å². The van der Waals surface area contributed by atoms with E-state index in [0.717, 1.165) is 6.07 Å². The van der Waals surface area contributed by atoms with E-state index in [-0.39, 0.29) is 28.7 Å². The van der Waals surface area contributed by atoms with Crippen LogP contribution in [0.25, 0.3) is 0 Å². The maximum Gasteiger partial charge on any atom is 0.310 e. The molecule has 0 radical (unpaired) electrons. The molecule has 0 aliphatic carbocycles. The summed E-state index contributed by atoms with van der Waals surface area (Å²) in [5, 5.41) is 13.9. The second kappa shape index (κ2) is 7.03. The van der Waals surface area contributed by atoms with E-state index in [2.05, 4.69) is 5.32 Å². The number of benzene rings is 1. The first-order chi connectivity index (χ1) is 9.46. The average molecular weight is 338 g/mol. The fourth-order valence-corrected chi connectivity index (χ4v) is 3.46. The highest BCUT2D eigenvalue weighted by Crippen LogP contribution is 2.30. The summed E-state index contributed by atoms with van der Waals surface area (Å²) in [6.07, 6.45) is 0. The number of piperazine rings is 1. The summed E-state index contributed by atoms with van der Waals surface area (Å²) in [5.41, 5.74) is -0.258. The summed E-state index contributed by atoms with van der Waals surface area (Å²) in [6.45, 7) is 1.93. The number of nitrogens with one attached hydrogen (secondary N) is 1. The molecule has 1 N–H and O–H groups in total. The summed E-state index contributed by atoms with van der Waals surface area (Å²) in [5.74, 6) is -0.0637. The number of ether oxygens (including phenoxy) is 1. The van der Waals surface area contributed by atoms with Crippen molar-refractivity contribution in [2.24, 2.45) is 0 Å². The Hall–Kier alpha value is -1.42. The molecule has 0 unspecified atom stereocenters. The van der Waals surface area contributed by atoms with Crippen molar-refractivity contribution in [3.05, 3.63) is 28.3 Å². The molecule has 1 fully saturated rings. The van der Waals surface area contributed by atoms with E-state index in [9.17, 15) is 18.5 Å². The SMILES string of the molecule is COc1cc(S(=O)(=O)N2CCNCC2)ccc1[N+](=O)[O-].Cl. The molecule has 8 nitrogen and oxygen atoms in total. The molecule has 0 bridgehead atoms. The Labute approximate surface area is 128 Å². The Balaban J connectivity index is 0.00000220. The molecule has 1 aromatic rings. The van der Waals surface area contributed by atoms with Crippen LogP contribution in [0.3, 0.4) is 0 Å². The van der Waals surface area contributed by atoms with Crippen LogP contribution in [0.2, 0.25) is 0 Å². The molecule has 0 amide bonds. The highest BCUT2D eigenvalue weighted by Gasteiger charge is 2.28. The maximum atomic E-state index is 12.4. The van der Waals surface area contributed by atoms with Crippen molar-refractivity contribution in [1.29, 1.82) is 0 Å². The second-order valence-corrected chi connectivity index (χ2v) is 6.18. The van der Waals surface area contributed by atoms with E-state index in [1.807, 2.05) is 0 Å². The highest BCUT2D eigenvalue weighted by molar-refractivity contribution is 7.89. The predicted molar refractivity (Wildman–Crippen MR) is 78.5 cm³/mol. The summed E-state index contributed by atoms with van der Waals surface area (Å²) >= 11 is 0. The first-order valence-electron chi connectivity index (χ1n) is 6.00. The Morgan fingerprint density at radius 3 is 2.48 bits per heavy atom. The molecule has 0 spiro atoms. The number of nitrogens with zero attached hydrogens (tertiary/aromatic N) is 2. The van der Waals surface area contributed by atoms with Gasteiger partial charge in [0.25, 0.3) is 0 Å². The number of halogens is 1. The Kier molecular flexibility index (Phi) is 5.90. The predicted octanol–water partition coefficient (Wildman–Crippen LogP) is 0.619. The first-order valence-corrected chi connectivity index (χ1v) is 7.44. The molecule has 21 heavy (non-hydrogen) atoms. The van der Waals surface area contributed by atoms with Gasteiger partial charge in [-0.2, -0.15) is 4.31 Å². The first kappa shape index (κ1) is 17.6. The van der Waals surface area contributed by atoms with Crippen LogP contribution in [0.1, 0.15) is 0 Å². The van der Waals surface area contributed by atoms with Gasteiger partial charge in [-0.15, -0.1) is 12.4 Å². The van der Waals surface area contributed by atoms with Gasteiger partial charge in [0, 0.05) is 38.3 Å². The van der Waals surface area contributed by atoms with Crippen molar-refractivity contribution < 1.29 is 18.1 Å². The van der Waals surface area contributed by atoms with E-state index >= 15 is 0 Å². The van der Waals surface area contributed by atoms with Gasteiger partial charge >= 0.3 is 5.69 Å². The third-order valence-electron chi connectivity index (χ3n) is 3.06. The summed E-state index contributed by atoms with van der Waals surface area (Å²) < 4.78 is 31.1. The van der Waals surface area contributed by atoms with Crippen LogP contribution in [0, 0.1) is 10.1 Å². The van der Waals surface area contributed by atoms with Gasteiger partial charge in [-0.3, -0.25) is 10.1 Å². The second-order valence-electron chi connectivity index (χ2n) is 4.24. The molecule has 1 saturated heterocycles. The molecule has 1 aliphatic heterocycles. The summed E-state index contributed by atoms with van der Waals surface area (Å²) in [4.78, 5) is 10.2. The molecule has 0 saturated carbocycles. The van der Waals surface area contributed by atoms with E-state index in [4.69, 9.17) is 4.74 Å². The van der Waals surface area contributed by atoms with Crippen LogP contribution in [-0.4, -0.2) is 50.9 Å². The molecular weight excluding hydrogens is 322 g/mol. The van der Waals surface area contributed by atoms with Gasteiger partial charge in [0.15, 0.2) is 5.75 Å². The molecule has 1 aliphatic rings. The van der Waals surface area contributed by atoms with Gasteiger partial charge < -0.3 is 10.1 Å². The zero-order chi connectivity index (χ0) is 14.8. The third-order valence-corrected chi connectivity index (χ3v) is 4.96. The number of rotatable bonds is 4. The molecule has 1 aromatic carbocycles. The molecule has 2 rings (SSSR count). The van der Waals surface area contributed by atoms with Crippen molar-refractivity contribution in [3.63, 3.8) is 0 Å². The van der Waals surface area contributed by atoms with E-state index < -0.39 is 14.9 Å². The Morgan fingerprint density at radius 2 is 1.95 bits per heavy atom. The topological polar surface area (TPSA) is 102 Å². The van der Waals surface area contributed by atoms with Gasteiger partial charge in [0.05, 0.1) is 16.9 Å². The lowest BCUT2D eigenvalue weighted by Crippen LogP contribution is -2.46. The van der Waals surface area contributed by atoms with Crippen molar-refractivity contribution in [1.82, 2.24) is 9.62 Å². The average Bonchev–Trinajstić information content (AvgIpc) is 2.47. The molecular formula is C11H16ClN3O5S. The van der Waals surface area contributed by atoms with Crippen LogP contribution in [-0.2, 0) is 10.0 Å². The normalized spacial score (nSPS) is 16.0. The number of sulfonamides is 1. The third kappa shape index (κ3) is 3.62. The van der Waals surface area contributed by atoms with Gasteiger partial charge in [-0.05, 0) is 6.07 Å². The van der Waals surface area contributed by atoms with Crippen molar-refractivity contribution in [2.45, 2.75) is 4.90 Å². The maximum absolute atomic E-state index is 12.4. The van der Waals surface area contributed by atoms with E-state index in [1.54, 1.807) is 0 Å². The number of hydrogen-bond acceptors (Lipinski definition) is 6. The Bertz CT molecular complexity index is 616. The zero-order valence-electron chi connectivity index (χ0n) is 11.3. The standard InChI is InChI=1S/C11H15N3O5S.ClH/c1-19-11-8-9(2-3-10(11)14(15)16)20(17,18)13-6-4-12-5-7-13;/h2-3,8,12H,4-7H2,1H3;1H. The monoisotopic (exact) mass is 337 g/mol. The fourth-order valence-electron chi connectivity index (χ4n) is 2.00. The fraction of sp³-hybridized carbons (Fsp3) is 0.455. The number of methoxy groups -OCH3 is 1. The largest absolute Gasteiger partial charge is 0.490 e. The Morgan fingerprint density at radius 1 is 1.33 bits per heavy atom. The minimum absolute atomic E-state index is 0. The zero-order valence-corrected chi connectivity index (χ0v) is 12.9. The molecule has 1 heterocycles. The number of hydrogen-bond donors (Lipinski definition) is 1. The number of nitro benzene ring substituents is 1. The van der Waals surface area contributed by atoms with Crippen molar-refractivity contribution in [2.75, 3.05) is 33.3 Å². The van der Waals surface area contributed by atoms with Gasteiger partial charge in [-0.25, -0.2) is 8.42 Å². The van der Waals surface area contributed by atoms with Crippen LogP contribution in [0.4, 0.5) is 5.69 Å².